The average Bonchev–Trinajstić information content (AvgIpc) is 3.48. The summed E-state index contributed by atoms with van der Waals surface area (Å²) >= 11 is 1.30. The summed E-state index contributed by atoms with van der Waals surface area (Å²) in [4.78, 5) is 17.6. The number of nitrogens with zero attached hydrogens (tertiary/aromatic N) is 4. The third-order valence-corrected chi connectivity index (χ3v) is 7.71. The third-order valence-electron chi connectivity index (χ3n) is 6.73. The Balaban J connectivity index is 1.56. The van der Waals surface area contributed by atoms with Crippen molar-refractivity contribution in [2.45, 2.75) is 76.8 Å². The first-order chi connectivity index (χ1) is 15.0. The lowest BCUT2D eigenvalue weighted by molar-refractivity contribution is -0.113. The molecular weight excluding hydrogens is 406 g/mol. The maximum atomic E-state index is 12.9. The minimum atomic E-state index is -0.179. The maximum Gasteiger partial charge on any atom is 0.235 e. The van der Waals surface area contributed by atoms with Gasteiger partial charge in [-0.3, -0.25) is 4.79 Å². The number of hydrogen-bond donors (Lipinski definition) is 1. The second-order valence-corrected chi connectivity index (χ2v) is 9.46. The monoisotopic (exact) mass is 433 g/mol. The van der Waals surface area contributed by atoms with Gasteiger partial charge in [0.05, 0.1) is 16.9 Å². The lowest BCUT2D eigenvalue weighted by Gasteiger charge is -2.19. The van der Waals surface area contributed by atoms with Crippen LogP contribution in [0.15, 0.2) is 5.03 Å². The molecule has 0 radical (unpaired) electrons. The van der Waals surface area contributed by atoms with Crippen LogP contribution in [0.4, 0.5) is 5.82 Å². The smallest absolute Gasteiger partial charge is 0.235 e. The van der Waals surface area contributed by atoms with Crippen molar-refractivity contribution in [2.24, 2.45) is 0 Å². The summed E-state index contributed by atoms with van der Waals surface area (Å²) in [7, 11) is 0. The van der Waals surface area contributed by atoms with Gasteiger partial charge >= 0.3 is 0 Å². The van der Waals surface area contributed by atoms with Crippen molar-refractivity contribution in [3.63, 3.8) is 0 Å². The minimum Gasteiger partial charge on any atom is -0.327 e. The summed E-state index contributed by atoms with van der Waals surface area (Å²) in [6.07, 6.45) is 7.46. The van der Waals surface area contributed by atoms with Crippen LogP contribution in [0.1, 0.15) is 77.4 Å². The number of thioether (sulfide) groups is 1. The van der Waals surface area contributed by atoms with Crippen LogP contribution in [0.25, 0.3) is 0 Å². The summed E-state index contributed by atoms with van der Waals surface area (Å²) in [5.41, 5.74) is 6.37. The Morgan fingerprint density at radius 2 is 1.81 bits per heavy atom. The van der Waals surface area contributed by atoms with Gasteiger partial charge in [0.2, 0.25) is 5.91 Å². The van der Waals surface area contributed by atoms with E-state index in [1.165, 1.54) is 30.2 Å². The fourth-order valence-electron chi connectivity index (χ4n) is 4.99. The first kappa shape index (κ1) is 21.5. The normalized spacial score (nSPS) is 15.5. The predicted octanol–water partition coefficient (Wildman–Crippen LogP) is 4.89. The van der Waals surface area contributed by atoms with Crippen molar-refractivity contribution in [1.82, 2.24) is 9.55 Å². The van der Waals surface area contributed by atoms with Gasteiger partial charge < -0.3 is 9.88 Å². The van der Waals surface area contributed by atoms with E-state index in [-0.39, 0.29) is 11.7 Å². The van der Waals surface area contributed by atoms with Gasteiger partial charge in [0.15, 0.2) is 0 Å². The molecule has 1 amide bonds. The molecule has 0 spiro atoms. The SMILES string of the molecule is Cc1c(C#N)c(SCC(=O)Nc2c(C#N)c(C)c(C)n2C2CCCC2)nc2c1CCC2. The topological polar surface area (TPSA) is 94.5 Å². The van der Waals surface area contributed by atoms with Gasteiger partial charge in [0.25, 0.3) is 0 Å². The molecule has 4 rings (SSSR count). The van der Waals surface area contributed by atoms with Crippen LogP contribution in [0.3, 0.4) is 0 Å². The van der Waals surface area contributed by atoms with Crippen LogP contribution >= 0.6 is 11.8 Å². The molecule has 1 fully saturated rings. The largest absolute Gasteiger partial charge is 0.327 e. The van der Waals surface area contributed by atoms with Gasteiger partial charge in [0, 0.05) is 17.4 Å². The van der Waals surface area contributed by atoms with Gasteiger partial charge in [-0.05, 0) is 69.6 Å². The van der Waals surface area contributed by atoms with Gasteiger partial charge in [0.1, 0.15) is 23.0 Å². The van der Waals surface area contributed by atoms with Crippen LogP contribution in [0.5, 0.6) is 0 Å². The lowest BCUT2D eigenvalue weighted by atomic mass is 10.0. The number of aryl methyl sites for hydroxylation is 1. The third kappa shape index (κ3) is 3.83. The highest BCUT2D eigenvalue weighted by atomic mass is 32.2. The number of hydrogen-bond acceptors (Lipinski definition) is 5. The second-order valence-electron chi connectivity index (χ2n) is 8.50. The van der Waals surface area contributed by atoms with E-state index in [4.69, 9.17) is 4.98 Å². The summed E-state index contributed by atoms with van der Waals surface area (Å²) < 4.78 is 2.15. The molecule has 2 heterocycles. The number of anilines is 1. The van der Waals surface area contributed by atoms with E-state index in [0.717, 1.165) is 54.6 Å². The van der Waals surface area contributed by atoms with E-state index in [1.54, 1.807) is 0 Å². The van der Waals surface area contributed by atoms with Gasteiger partial charge in [-0.25, -0.2) is 4.98 Å². The van der Waals surface area contributed by atoms with E-state index < -0.39 is 0 Å². The molecule has 0 unspecified atom stereocenters. The van der Waals surface area contributed by atoms with Gasteiger partial charge in [-0.15, -0.1) is 0 Å². The Labute approximate surface area is 187 Å². The highest BCUT2D eigenvalue weighted by Gasteiger charge is 2.27. The van der Waals surface area contributed by atoms with Crippen LogP contribution < -0.4 is 5.32 Å². The number of carbonyl (C=O) groups is 1. The summed E-state index contributed by atoms with van der Waals surface area (Å²) in [6, 6.07) is 4.89. The summed E-state index contributed by atoms with van der Waals surface area (Å²) in [5, 5.41) is 23.0. The zero-order valence-corrected chi connectivity index (χ0v) is 19.2. The molecule has 160 valence electrons. The van der Waals surface area contributed by atoms with E-state index >= 15 is 0 Å². The van der Waals surface area contributed by atoms with Crippen molar-refractivity contribution >= 4 is 23.5 Å². The highest BCUT2D eigenvalue weighted by molar-refractivity contribution is 8.00. The minimum absolute atomic E-state index is 0.152. The molecule has 2 aliphatic carbocycles. The first-order valence-electron chi connectivity index (χ1n) is 10.9. The molecule has 0 saturated heterocycles. The van der Waals surface area contributed by atoms with Crippen LogP contribution in [-0.4, -0.2) is 21.2 Å². The molecule has 7 heteroatoms. The molecule has 0 aliphatic heterocycles. The molecule has 0 atom stereocenters. The number of nitriles is 2. The zero-order valence-electron chi connectivity index (χ0n) is 18.3. The fraction of sp³-hybridized carbons (Fsp3) is 0.500. The summed E-state index contributed by atoms with van der Waals surface area (Å²) in [5.74, 6) is 0.592. The molecule has 0 aromatic carbocycles. The fourth-order valence-corrected chi connectivity index (χ4v) is 5.85. The van der Waals surface area contributed by atoms with E-state index in [0.29, 0.717) is 28.0 Å². The van der Waals surface area contributed by atoms with Crippen molar-refractivity contribution < 1.29 is 4.79 Å². The van der Waals surface area contributed by atoms with Gasteiger partial charge in [-0.2, -0.15) is 10.5 Å². The quantitative estimate of drug-likeness (QED) is 0.678. The summed E-state index contributed by atoms with van der Waals surface area (Å²) in [6.45, 7) is 5.95. The van der Waals surface area contributed by atoms with Crippen LogP contribution in [0.2, 0.25) is 0 Å². The van der Waals surface area contributed by atoms with Gasteiger partial charge in [-0.1, -0.05) is 24.6 Å². The Bertz CT molecular complexity index is 1130. The molecular formula is C24H27N5OS. The van der Waals surface area contributed by atoms with E-state index in [9.17, 15) is 15.3 Å². The number of pyridine rings is 1. The van der Waals surface area contributed by atoms with Crippen LogP contribution in [-0.2, 0) is 17.6 Å². The second kappa shape index (κ2) is 8.77. The number of nitrogens with one attached hydrogen (secondary N) is 1. The molecule has 2 aromatic rings. The highest BCUT2D eigenvalue weighted by Crippen LogP contribution is 2.38. The molecule has 0 bridgehead atoms. The molecule has 31 heavy (non-hydrogen) atoms. The Hall–Kier alpha value is -2.77. The molecule has 6 nitrogen and oxygen atoms in total. The Kier molecular flexibility index (Phi) is 6.07. The zero-order chi connectivity index (χ0) is 22.1. The first-order valence-corrected chi connectivity index (χ1v) is 11.9. The van der Waals surface area contributed by atoms with Crippen molar-refractivity contribution in [1.29, 1.82) is 10.5 Å². The molecule has 2 aromatic heterocycles. The predicted molar refractivity (Wildman–Crippen MR) is 121 cm³/mol. The standard InChI is InChI=1S/C24H27N5OS/c1-14-16(3)29(17-7-4-5-8-17)23(19(14)11-25)28-22(30)13-31-24-20(12-26)15(2)18-9-6-10-21(18)27-24/h17H,4-10,13H2,1-3H3,(H,28,30). The average molecular weight is 434 g/mol. The molecule has 1 N–H and O–H groups in total. The molecule has 2 aliphatic rings. The Morgan fingerprint density at radius 3 is 2.48 bits per heavy atom. The van der Waals surface area contributed by atoms with E-state index in [1.807, 2.05) is 20.8 Å². The Morgan fingerprint density at radius 1 is 1.10 bits per heavy atom. The number of fused-ring (bicyclic) bond motifs is 1. The van der Waals surface area contributed by atoms with Crippen molar-refractivity contribution in [3.05, 3.63) is 39.2 Å². The number of aromatic nitrogens is 2. The molecule has 1 saturated carbocycles. The van der Waals surface area contributed by atoms with Crippen molar-refractivity contribution in [2.75, 3.05) is 11.1 Å². The van der Waals surface area contributed by atoms with E-state index in [2.05, 4.69) is 22.0 Å². The van der Waals surface area contributed by atoms with Crippen LogP contribution in [0, 0.1) is 43.4 Å². The van der Waals surface area contributed by atoms with Crippen molar-refractivity contribution in [3.8, 4) is 12.1 Å². The number of rotatable bonds is 5. The lowest BCUT2D eigenvalue weighted by Crippen LogP contribution is -2.20. The number of amides is 1. The maximum absolute atomic E-state index is 12.9. The number of carbonyl (C=O) groups excluding carboxylic acids is 1.